The van der Waals surface area contributed by atoms with Gasteiger partial charge in [0.1, 0.15) is 5.69 Å². The molecule has 0 spiro atoms. The molecule has 0 bridgehead atoms. The number of rotatable bonds is 6. The van der Waals surface area contributed by atoms with E-state index in [-0.39, 0.29) is 4.90 Å². The molecule has 0 aliphatic carbocycles. The molecule has 0 unspecified atom stereocenters. The van der Waals surface area contributed by atoms with Crippen LogP contribution < -0.4 is 10.5 Å². The monoisotopic (exact) mass is 418 g/mol. The second-order valence-electron chi connectivity index (χ2n) is 7.17. The Morgan fingerprint density at radius 3 is 2.20 bits per heavy atom. The predicted molar refractivity (Wildman–Crippen MR) is 120 cm³/mol. The molecule has 0 atom stereocenters. The normalized spacial score (nSPS) is 11.5. The van der Waals surface area contributed by atoms with Crippen molar-refractivity contribution in [1.82, 2.24) is 10.2 Å². The second-order valence-corrected chi connectivity index (χ2v) is 8.74. The molecule has 7 heteroatoms. The van der Waals surface area contributed by atoms with Crippen molar-refractivity contribution in [3.8, 4) is 11.3 Å². The highest BCUT2D eigenvalue weighted by Gasteiger charge is 2.11. The van der Waals surface area contributed by atoms with Crippen LogP contribution in [0, 0.1) is 6.92 Å². The molecule has 0 radical (unpaired) electrons. The fraction of sp³-hybridized carbons (Fsp3) is 0.130. The third kappa shape index (κ3) is 4.32. The van der Waals surface area contributed by atoms with Gasteiger partial charge in [-0.3, -0.25) is 0 Å². The maximum absolute atomic E-state index is 11.4. The maximum atomic E-state index is 11.4. The van der Waals surface area contributed by atoms with Gasteiger partial charge in [-0.1, -0.05) is 66.2 Å². The van der Waals surface area contributed by atoms with Crippen LogP contribution in [-0.2, 0) is 16.4 Å². The van der Waals surface area contributed by atoms with Crippen molar-refractivity contribution in [3.63, 3.8) is 0 Å². The quantitative estimate of drug-likeness (QED) is 0.495. The van der Waals surface area contributed by atoms with Gasteiger partial charge in [0.2, 0.25) is 10.0 Å². The summed E-state index contributed by atoms with van der Waals surface area (Å²) in [5, 5.41) is 19.4. The SMILES string of the molecule is Cc1ccc(-c2nnc(NCCc3ccc(S(N)(=O)=O)cc3)c3ccccc23)cc1. The molecule has 0 saturated heterocycles. The fourth-order valence-electron chi connectivity index (χ4n) is 3.33. The lowest BCUT2D eigenvalue weighted by Crippen LogP contribution is -2.12. The van der Waals surface area contributed by atoms with Crippen LogP contribution in [0.4, 0.5) is 5.82 Å². The molecular weight excluding hydrogens is 396 g/mol. The molecule has 1 heterocycles. The van der Waals surface area contributed by atoms with Crippen molar-refractivity contribution in [2.24, 2.45) is 5.14 Å². The van der Waals surface area contributed by atoms with Gasteiger partial charge in [-0.15, -0.1) is 10.2 Å². The van der Waals surface area contributed by atoms with Gasteiger partial charge in [0.25, 0.3) is 0 Å². The zero-order valence-corrected chi connectivity index (χ0v) is 17.4. The summed E-state index contributed by atoms with van der Waals surface area (Å²) in [6.45, 7) is 2.69. The molecule has 0 saturated carbocycles. The van der Waals surface area contributed by atoms with E-state index < -0.39 is 10.0 Å². The van der Waals surface area contributed by atoms with Gasteiger partial charge >= 0.3 is 0 Å². The first-order valence-electron chi connectivity index (χ1n) is 9.60. The Hall–Kier alpha value is -3.29. The molecule has 0 amide bonds. The van der Waals surface area contributed by atoms with Gasteiger partial charge in [0.05, 0.1) is 4.90 Å². The molecule has 6 nitrogen and oxygen atoms in total. The summed E-state index contributed by atoms with van der Waals surface area (Å²) in [6, 6.07) is 22.9. The van der Waals surface area contributed by atoms with E-state index in [0.29, 0.717) is 13.0 Å². The molecule has 0 aliphatic heterocycles. The standard InChI is InChI=1S/C23H22N4O2S/c1-16-6-10-18(11-7-16)22-20-4-2-3-5-21(20)23(27-26-22)25-15-14-17-8-12-19(13-9-17)30(24,28)29/h2-13H,14-15H2,1H3,(H,25,27)(H2,24,28,29). The number of nitrogens with two attached hydrogens (primary N) is 1. The summed E-state index contributed by atoms with van der Waals surface area (Å²) < 4.78 is 22.7. The Labute approximate surface area is 175 Å². The topological polar surface area (TPSA) is 98.0 Å². The van der Waals surface area contributed by atoms with Crippen LogP contribution in [0.1, 0.15) is 11.1 Å². The van der Waals surface area contributed by atoms with Gasteiger partial charge in [-0.05, 0) is 31.0 Å². The Morgan fingerprint density at radius 2 is 1.53 bits per heavy atom. The minimum absolute atomic E-state index is 0.114. The number of nitrogens with one attached hydrogen (secondary N) is 1. The Morgan fingerprint density at radius 1 is 0.867 bits per heavy atom. The molecule has 1 aromatic heterocycles. The minimum atomic E-state index is -3.67. The van der Waals surface area contributed by atoms with E-state index in [0.717, 1.165) is 33.4 Å². The Kier molecular flexibility index (Phi) is 5.48. The highest BCUT2D eigenvalue weighted by Crippen LogP contribution is 2.29. The third-order valence-corrected chi connectivity index (χ3v) is 5.90. The summed E-state index contributed by atoms with van der Waals surface area (Å²) in [6.07, 6.45) is 0.709. The van der Waals surface area contributed by atoms with Crippen molar-refractivity contribution < 1.29 is 8.42 Å². The lowest BCUT2D eigenvalue weighted by Gasteiger charge is -2.11. The third-order valence-electron chi connectivity index (χ3n) is 4.97. The number of nitrogens with zero attached hydrogens (tertiary/aromatic N) is 2. The number of benzene rings is 3. The van der Waals surface area contributed by atoms with Gasteiger partial charge < -0.3 is 5.32 Å². The van der Waals surface area contributed by atoms with Gasteiger partial charge in [0, 0.05) is 22.9 Å². The smallest absolute Gasteiger partial charge is 0.238 e. The zero-order valence-electron chi connectivity index (χ0n) is 16.5. The van der Waals surface area contributed by atoms with Crippen molar-refractivity contribution in [2.45, 2.75) is 18.2 Å². The average molecular weight is 419 g/mol. The first-order chi connectivity index (χ1) is 14.4. The van der Waals surface area contributed by atoms with Crippen LogP contribution in [0.25, 0.3) is 22.0 Å². The van der Waals surface area contributed by atoms with Crippen LogP contribution in [0.15, 0.2) is 77.7 Å². The molecule has 3 aromatic carbocycles. The molecule has 0 aliphatic rings. The number of fused-ring (bicyclic) bond motifs is 1. The number of anilines is 1. The molecule has 0 fully saturated rings. The Balaban J connectivity index is 1.54. The van der Waals surface area contributed by atoms with Crippen LogP contribution in [0.3, 0.4) is 0 Å². The number of hydrogen-bond donors (Lipinski definition) is 2. The summed E-state index contributed by atoms with van der Waals surface area (Å²) in [5.74, 6) is 0.725. The first-order valence-corrected chi connectivity index (χ1v) is 11.1. The molecular formula is C23H22N4O2S. The maximum Gasteiger partial charge on any atom is 0.238 e. The van der Waals surface area contributed by atoms with E-state index in [2.05, 4.69) is 52.8 Å². The summed E-state index contributed by atoms with van der Waals surface area (Å²) in [7, 11) is -3.67. The van der Waals surface area contributed by atoms with Gasteiger partial charge in [-0.25, -0.2) is 13.6 Å². The molecule has 30 heavy (non-hydrogen) atoms. The van der Waals surface area contributed by atoms with Crippen molar-refractivity contribution in [2.75, 3.05) is 11.9 Å². The first kappa shape index (κ1) is 20.0. The van der Waals surface area contributed by atoms with Gasteiger partial charge in [-0.2, -0.15) is 0 Å². The predicted octanol–water partition coefficient (Wildman–Crippen LogP) is 3.91. The highest BCUT2D eigenvalue weighted by atomic mass is 32.2. The average Bonchev–Trinajstić information content (AvgIpc) is 2.74. The number of sulfonamides is 1. The van der Waals surface area contributed by atoms with E-state index in [1.807, 2.05) is 18.2 Å². The minimum Gasteiger partial charge on any atom is -0.368 e. The van der Waals surface area contributed by atoms with E-state index in [1.165, 1.54) is 17.7 Å². The van der Waals surface area contributed by atoms with E-state index >= 15 is 0 Å². The lowest BCUT2D eigenvalue weighted by atomic mass is 10.0. The zero-order chi connectivity index (χ0) is 21.1. The molecule has 152 valence electrons. The summed E-state index contributed by atoms with van der Waals surface area (Å²) in [5.41, 5.74) is 4.09. The lowest BCUT2D eigenvalue weighted by molar-refractivity contribution is 0.598. The molecule has 4 aromatic rings. The van der Waals surface area contributed by atoms with Crippen molar-refractivity contribution >= 4 is 26.6 Å². The second kappa shape index (κ2) is 8.22. The molecule has 4 rings (SSSR count). The van der Waals surface area contributed by atoms with Crippen LogP contribution in [0.5, 0.6) is 0 Å². The molecule has 3 N–H and O–H groups in total. The fourth-order valence-corrected chi connectivity index (χ4v) is 3.85. The number of hydrogen-bond acceptors (Lipinski definition) is 5. The van der Waals surface area contributed by atoms with E-state index in [1.54, 1.807) is 12.1 Å². The van der Waals surface area contributed by atoms with Crippen molar-refractivity contribution in [1.29, 1.82) is 0 Å². The van der Waals surface area contributed by atoms with Crippen LogP contribution in [0.2, 0.25) is 0 Å². The largest absolute Gasteiger partial charge is 0.368 e. The summed E-state index contributed by atoms with van der Waals surface area (Å²) >= 11 is 0. The number of aryl methyl sites for hydroxylation is 1. The van der Waals surface area contributed by atoms with E-state index in [9.17, 15) is 8.42 Å². The highest BCUT2D eigenvalue weighted by molar-refractivity contribution is 7.89. The number of primary sulfonamides is 1. The van der Waals surface area contributed by atoms with Crippen LogP contribution in [-0.4, -0.2) is 25.2 Å². The summed E-state index contributed by atoms with van der Waals surface area (Å²) in [4.78, 5) is 0.114. The number of aromatic nitrogens is 2. The van der Waals surface area contributed by atoms with E-state index in [4.69, 9.17) is 5.14 Å². The van der Waals surface area contributed by atoms with Crippen molar-refractivity contribution in [3.05, 3.63) is 83.9 Å². The Bertz CT molecular complexity index is 1290. The van der Waals surface area contributed by atoms with Crippen LogP contribution >= 0.6 is 0 Å². The van der Waals surface area contributed by atoms with Gasteiger partial charge in [0.15, 0.2) is 5.82 Å².